The van der Waals surface area contributed by atoms with Crippen LogP contribution < -0.4 is 0 Å². The molecule has 150 valence electrons. The molecule has 0 fully saturated rings. The highest BCUT2D eigenvalue weighted by Crippen LogP contribution is 2.21. The molecule has 0 saturated carbocycles. The van der Waals surface area contributed by atoms with E-state index in [2.05, 4.69) is 45.0 Å². The predicted octanol–water partition coefficient (Wildman–Crippen LogP) is 6.36. The van der Waals surface area contributed by atoms with Gasteiger partial charge < -0.3 is 13.3 Å². The molecule has 5 heteroatoms. The van der Waals surface area contributed by atoms with E-state index in [0.29, 0.717) is 5.88 Å². The first kappa shape index (κ1) is 23.6. The van der Waals surface area contributed by atoms with Crippen LogP contribution >= 0.6 is 11.6 Å². The minimum Gasteiger partial charge on any atom is -0.373 e. The second-order valence-electron chi connectivity index (χ2n) is 6.74. The van der Waals surface area contributed by atoms with Gasteiger partial charge in [0.15, 0.2) is 0 Å². The molecule has 1 aromatic rings. The molecule has 0 saturated heterocycles. The maximum Gasteiger partial charge on any atom is 0.501 e. The summed E-state index contributed by atoms with van der Waals surface area (Å²) in [6.45, 7) is 8.73. The van der Waals surface area contributed by atoms with Crippen LogP contribution in [0, 0.1) is 0 Å². The molecule has 0 aliphatic carbocycles. The van der Waals surface area contributed by atoms with Crippen LogP contribution in [0.15, 0.2) is 24.3 Å². The van der Waals surface area contributed by atoms with Gasteiger partial charge in [-0.1, -0.05) is 64.3 Å². The van der Waals surface area contributed by atoms with Crippen LogP contribution in [-0.2, 0) is 25.6 Å². The maximum absolute atomic E-state index is 6.30. The third-order valence-corrected chi connectivity index (χ3v) is 7.46. The number of halogens is 1. The molecule has 0 aliphatic heterocycles. The molecule has 0 heterocycles. The molecule has 3 nitrogen and oxygen atoms in total. The summed E-state index contributed by atoms with van der Waals surface area (Å²) in [5.74, 6) is 0.555. The molecule has 0 atom stereocenters. The van der Waals surface area contributed by atoms with Crippen LogP contribution in [0.1, 0.15) is 70.4 Å². The van der Waals surface area contributed by atoms with E-state index < -0.39 is 8.80 Å². The van der Waals surface area contributed by atoms with Crippen molar-refractivity contribution < 1.29 is 13.3 Å². The summed E-state index contributed by atoms with van der Waals surface area (Å²) in [4.78, 5) is 0. The first-order chi connectivity index (χ1) is 12.7. The van der Waals surface area contributed by atoms with E-state index in [9.17, 15) is 0 Å². The van der Waals surface area contributed by atoms with Crippen molar-refractivity contribution in [2.24, 2.45) is 0 Å². The highest BCUT2D eigenvalue weighted by atomic mass is 35.5. The smallest absolute Gasteiger partial charge is 0.373 e. The zero-order valence-corrected chi connectivity index (χ0v) is 18.7. The average molecular weight is 401 g/mol. The number of alkyl halides is 1. The third kappa shape index (κ3) is 9.52. The van der Waals surface area contributed by atoms with Crippen molar-refractivity contribution in [3.8, 4) is 0 Å². The minimum absolute atomic E-state index is 0.555. The Morgan fingerprint density at radius 3 is 1.54 bits per heavy atom. The van der Waals surface area contributed by atoms with Gasteiger partial charge in [0.05, 0.1) is 0 Å². The van der Waals surface area contributed by atoms with Crippen molar-refractivity contribution >= 4 is 20.4 Å². The van der Waals surface area contributed by atoms with Gasteiger partial charge >= 0.3 is 8.80 Å². The zero-order chi connectivity index (χ0) is 19.1. The maximum atomic E-state index is 6.30. The summed E-state index contributed by atoms with van der Waals surface area (Å²) in [6, 6.07) is 9.34. The van der Waals surface area contributed by atoms with Crippen molar-refractivity contribution in [3.05, 3.63) is 35.4 Å². The van der Waals surface area contributed by atoms with Crippen LogP contribution in [-0.4, -0.2) is 28.6 Å². The molecule has 1 aromatic carbocycles. The molecule has 0 amide bonds. The van der Waals surface area contributed by atoms with Crippen LogP contribution in [0.25, 0.3) is 0 Å². The number of hydrogen-bond donors (Lipinski definition) is 0. The van der Waals surface area contributed by atoms with Crippen LogP contribution in [0.5, 0.6) is 0 Å². The Bertz CT molecular complexity index is 427. The normalized spacial score (nSPS) is 11.8. The molecule has 0 unspecified atom stereocenters. The highest BCUT2D eigenvalue weighted by Gasteiger charge is 2.40. The second-order valence-corrected chi connectivity index (χ2v) is 9.74. The molecule has 26 heavy (non-hydrogen) atoms. The largest absolute Gasteiger partial charge is 0.501 e. The first-order valence-corrected chi connectivity index (χ1v) is 12.7. The van der Waals surface area contributed by atoms with Gasteiger partial charge in [-0.3, -0.25) is 0 Å². The summed E-state index contributed by atoms with van der Waals surface area (Å²) in [5.41, 5.74) is 2.43. The zero-order valence-electron chi connectivity index (χ0n) is 16.9. The number of hydrogen-bond acceptors (Lipinski definition) is 3. The molecular formula is C21H37ClO3Si. The van der Waals surface area contributed by atoms with E-state index in [4.69, 9.17) is 24.9 Å². The molecule has 0 spiro atoms. The average Bonchev–Trinajstić information content (AvgIpc) is 2.67. The molecular weight excluding hydrogens is 364 g/mol. The SMILES string of the molecule is CCCCO[Si](CCc1ccc(CCl)cc1)(OCCCC)OCCCC. The Kier molecular flexibility index (Phi) is 13.3. The minimum atomic E-state index is -2.64. The van der Waals surface area contributed by atoms with Crippen LogP contribution in [0.3, 0.4) is 0 Å². The molecule has 0 radical (unpaired) electrons. The molecule has 0 aromatic heterocycles. The van der Waals surface area contributed by atoms with Gasteiger partial charge in [-0.05, 0) is 36.8 Å². The predicted molar refractivity (Wildman–Crippen MR) is 113 cm³/mol. The molecule has 0 aliphatic rings. The van der Waals surface area contributed by atoms with E-state index in [-0.39, 0.29) is 0 Å². The Morgan fingerprint density at radius 2 is 1.15 bits per heavy atom. The van der Waals surface area contributed by atoms with E-state index in [0.717, 1.165) is 76.4 Å². The molecule has 0 N–H and O–H groups in total. The lowest BCUT2D eigenvalue weighted by atomic mass is 10.1. The Hall–Kier alpha value is -0.393. The van der Waals surface area contributed by atoms with Gasteiger partial charge in [-0.15, -0.1) is 11.6 Å². The first-order valence-electron chi connectivity index (χ1n) is 10.2. The second kappa shape index (κ2) is 14.6. The van der Waals surface area contributed by atoms with Gasteiger partial charge in [-0.25, -0.2) is 0 Å². The third-order valence-electron chi connectivity index (χ3n) is 4.36. The van der Waals surface area contributed by atoms with Gasteiger partial charge in [0.25, 0.3) is 0 Å². The lowest BCUT2D eigenvalue weighted by molar-refractivity contribution is 0.0564. The highest BCUT2D eigenvalue weighted by molar-refractivity contribution is 6.60. The Labute approximate surface area is 166 Å². The standard InChI is InChI=1S/C21H37ClO3Si/c1-4-7-15-23-26(24-16-8-5-2,25-17-9-6-3)18-14-20-10-12-21(19-22)13-11-20/h10-13H,4-9,14-19H2,1-3H3. The summed E-state index contributed by atoms with van der Waals surface area (Å²) in [6.07, 6.45) is 7.42. The quantitative estimate of drug-likeness (QED) is 0.183. The summed E-state index contributed by atoms with van der Waals surface area (Å²) >= 11 is 5.89. The van der Waals surface area contributed by atoms with Crippen LogP contribution in [0.2, 0.25) is 6.04 Å². The van der Waals surface area contributed by atoms with E-state index >= 15 is 0 Å². The fourth-order valence-electron chi connectivity index (χ4n) is 2.55. The van der Waals surface area contributed by atoms with Crippen molar-refractivity contribution in [1.29, 1.82) is 0 Å². The van der Waals surface area contributed by atoms with Gasteiger partial charge in [-0.2, -0.15) is 0 Å². The van der Waals surface area contributed by atoms with Crippen molar-refractivity contribution in [2.45, 2.75) is 77.6 Å². The fraction of sp³-hybridized carbons (Fsp3) is 0.714. The summed E-state index contributed by atoms with van der Waals surface area (Å²) in [7, 11) is -2.64. The lowest BCUT2D eigenvalue weighted by Gasteiger charge is -2.30. The lowest BCUT2D eigenvalue weighted by Crippen LogP contribution is -2.47. The number of rotatable bonds is 16. The van der Waals surface area contributed by atoms with Crippen molar-refractivity contribution in [2.75, 3.05) is 19.8 Å². The Morgan fingerprint density at radius 1 is 0.731 bits per heavy atom. The monoisotopic (exact) mass is 400 g/mol. The number of aryl methyl sites for hydroxylation is 1. The molecule has 1 rings (SSSR count). The van der Waals surface area contributed by atoms with Gasteiger partial charge in [0.2, 0.25) is 0 Å². The number of unbranched alkanes of at least 4 members (excludes halogenated alkanes) is 3. The van der Waals surface area contributed by atoms with Crippen molar-refractivity contribution in [1.82, 2.24) is 0 Å². The van der Waals surface area contributed by atoms with Gasteiger partial charge in [0.1, 0.15) is 0 Å². The van der Waals surface area contributed by atoms with Crippen LogP contribution in [0.4, 0.5) is 0 Å². The summed E-state index contributed by atoms with van der Waals surface area (Å²) in [5, 5.41) is 0. The fourth-order valence-corrected chi connectivity index (χ4v) is 5.37. The van der Waals surface area contributed by atoms with Crippen molar-refractivity contribution in [3.63, 3.8) is 0 Å². The summed E-state index contributed by atoms with van der Waals surface area (Å²) < 4.78 is 18.9. The topological polar surface area (TPSA) is 27.7 Å². The van der Waals surface area contributed by atoms with E-state index in [1.807, 2.05) is 0 Å². The molecule has 0 bridgehead atoms. The van der Waals surface area contributed by atoms with E-state index in [1.54, 1.807) is 0 Å². The Balaban J connectivity index is 2.76. The van der Waals surface area contributed by atoms with E-state index in [1.165, 1.54) is 5.56 Å². The number of benzene rings is 1. The van der Waals surface area contributed by atoms with Gasteiger partial charge in [0, 0.05) is 31.7 Å².